The highest BCUT2D eigenvalue weighted by Crippen LogP contribution is 2.36. The van der Waals surface area contributed by atoms with E-state index >= 15 is 4.39 Å². The summed E-state index contributed by atoms with van der Waals surface area (Å²) in [7, 11) is 0. The Labute approximate surface area is 193 Å². The minimum atomic E-state index is -0.203. The molecule has 6 rings (SSSR count). The number of hydrogen-bond acceptors (Lipinski definition) is 4. The third kappa shape index (κ3) is 4.13. The predicted molar refractivity (Wildman–Crippen MR) is 125 cm³/mol. The van der Waals surface area contributed by atoms with E-state index in [0.29, 0.717) is 11.6 Å². The van der Waals surface area contributed by atoms with E-state index in [1.165, 1.54) is 0 Å². The number of carbonyl (C=O) groups is 1. The number of fused-ring (bicyclic) bond motifs is 1. The van der Waals surface area contributed by atoms with Gasteiger partial charge in [-0.2, -0.15) is 0 Å². The first-order chi connectivity index (χ1) is 16.1. The molecule has 6 heteroatoms. The lowest BCUT2D eigenvalue weighted by Crippen LogP contribution is -2.59. The maximum Gasteiger partial charge on any atom is 0.248 e. The maximum atomic E-state index is 15.0. The van der Waals surface area contributed by atoms with Crippen molar-refractivity contribution in [2.45, 2.75) is 43.9 Å². The summed E-state index contributed by atoms with van der Waals surface area (Å²) in [5, 5.41) is 1.05. The molecule has 3 aromatic rings. The van der Waals surface area contributed by atoms with Gasteiger partial charge < -0.3 is 9.64 Å². The number of piperidine rings is 1. The lowest BCUT2D eigenvalue weighted by Gasteiger charge is -2.47. The second-order valence-electron chi connectivity index (χ2n) is 9.73. The molecule has 2 aliphatic heterocycles. The van der Waals surface area contributed by atoms with Crippen molar-refractivity contribution in [3.8, 4) is 11.1 Å². The normalized spacial score (nSPS) is 21.1. The molecule has 0 N–H and O–H groups in total. The van der Waals surface area contributed by atoms with Crippen molar-refractivity contribution < 1.29 is 13.9 Å². The zero-order valence-electron chi connectivity index (χ0n) is 18.7. The SMILES string of the molecule is O=C1COC2(CCN(Cc3ccc(-c4ccc5cccnc5c4)c(F)c3)CC2)CN1C1CC1. The van der Waals surface area contributed by atoms with Crippen LogP contribution in [-0.4, -0.2) is 58.6 Å². The molecule has 3 aliphatic rings. The molecule has 1 aliphatic carbocycles. The fourth-order valence-electron chi connectivity index (χ4n) is 5.27. The number of benzene rings is 2. The number of amides is 1. The van der Waals surface area contributed by atoms with Crippen molar-refractivity contribution in [2.24, 2.45) is 0 Å². The number of aromatic nitrogens is 1. The minimum absolute atomic E-state index is 0.142. The number of pyridine rings is 1. The summed E-state index contributed by atoms with van der Waals surface area (Å²) in [6, 6.07) is 15.8. The fourth-order valence-corrected chi connectivity index (χ4v) is 5.27. The molecule has 1 saturated carbocycles. The van der Waals surface area contributed by atoms with E-state index in [1.54, 1.807) is 12.3 Å². The smallest absolute Gasteiger partial charge is 0.248 e. The molecule has 1 amide bonds. The standard InChI is InChI=1S/C27H28FN3O2/c28-24-14-19(3-8-23(24)21-5-4-20-2-1-11-29-25(20)15-21)16-30-12-9-27(10-13-30)18-31(22-6-7-22)26(32)17-33-27/h1-5,8,11,14-15,22H,6-7,9-10,12-13,16-18H2. The van der Waals surface area contributed by atoms with Crippen LogP contribution in [0.5, 0.6) is 0 Å². The number of halogens is 1. The van der Waals surface area contributed by atoms with Gasteiger partial charge in [0.15, 0.2) is 0 Å². The number of morpholine rings is 1. The summed E-state index contributed by atoms with van der Waals surface area (Å²) in [5.41, 5.74) is 3.09. The van der Waals surface area contributed by atoms with Crippen LogP contribution < -0.4 is 0 Å². The summed E-state index contributed by atoms with van der Waals surface area (Å²) in [5.74, 6) is -0.0613. The van der Waals surface area contributed by atoms with E-state index < -0.39 is 0 Å². The maximum absolute atomic E-state index is 15.0. The van der Waals surface area contributed by atoms with Crippen LogP contribution in [0, 0.1) is 5.82 Å². The molecular weight excluding hydrogens is 417 g/mol. The van der Waals surface area contributed by atoms with Gasteiger partial charge in [0.25, 0.3) is 0 Å². The lowest BCUT2D eigenvalue weighted by atomic mass is 9.89. The van der Waals surface area contributed by atoms with Crippen LogP contribution in [0.3, 0.4) is 0 Å². The summed E-state index contributed by atoms with van der Waals surface area (Å²) in [6.07, 6.45) is 5.84. The van der Waals surface area contributed by atoms with Crippen LogP contribution in [0.25, 0.3) is 22.0 Å². The van der Waals surface area contributed by atoms with Crippen LogP contribution in [0.1, 0.15) is 31.2 Å². The molecular formula is C27H28FN3O2. The molecule has 5 nitrogen and oxygen atoms in total. The van der Waals surface area contributed by atoms with Crippen LogP contribution >= 0.6 is 0 Å². The summed E-state index contributed by atoms with van der Waals surface area (Å²) in [4.78, 5) is 21.0. The van der Waals surface area contributed by atoms with Crippen molar-refractivity contribution in [1.82, 2.24) is 14.8 Å². The summed E-state index contributed by atoms with van der Waals surface area (Å²) < 4.78 is 21.1. The van der Waals surface area contributed by atoms with Crippen molar-refractivity contribution >= 4 is 16.8 Å². The van der Waals surface area contributed by atoms with Gasteiger partial charge in [-0.25, -0.2) is 4.39 Å². The molecule has 2 aromatic carbocycles. The highest BCUT2D eigenvalue weighted by molar-refractivity contribution is 5.84. The zero-order valence-corrected chi connectivity index (χ0v) is 18.7. The first-order valence-electron chi connectivity index (χ1n) is 11.9. The monoisotopic (exact) mass is 445 g/mol. The Morgan fingerprint density at radius 1 is 1.09 bits per heavy atom. The molecule has 1 aromatic heterocycles. The van der Waals surface area contributed by atoms with Crippen LogP contribution in [0.15, 0.2) is 54.7 Å². The van der Waals surface area contributed by atoms with Gasteiger partial charge in [0.1, 0.15) is 12.4 Å². The Morgan fingerprint density at radius 3 is 2.73 bits per heavy atom. The van der Waals surface area contributed by atoms with Crippen molar-refractivity contribution in [3.05, 3.63) is 66.1 Å². The Hall–Kier alpha value is -2.83. The average molecular weight is 446 g/mol. The van der Waals surface area contributed by atoms with E-state index in [4.69, 9.17) is 4.74 Å². The molecule has 2 saturated heterocycles. The van der Waals surface area contributed by atoms with Gasteiger partial charge in [-0.3, -0.25) is 14.7 Å². The quantitative estimate of drug-likeness (QED) is 0.597. The first-order valence-corrected chi connectivity index (χ1v) is 11.9. The third-order valence-corrected chi connectivity index (χ3v) is 7.39. The molecule has 0 unspecified atom stereocenters. The van der Waals surface area contributed by atoms with E-state index in [9.17, 15) is 4.79 Å². The number of nitrogens with zero attached hydrogens (tertiary/aromatic N) is 3. The van der Waals surface area contributed by atoms with E-state index in [-0.39, 0.29) is 23.9 Å². The van der Waals surface area contributed by atoms with Gasteiger partial charge in [0.05, 0.1) is 17.7 Å². The number of rotatable bonds is 4. The second kappa shape index (κ2) is 8.19. The van der Waals surface area contributed by atoms with Crippen molar-refractivity contribution in [3.63, 3.8) is 0 Å². The molecule has 3 fully saturated rings. The van der Waals surface area contributed by atoms with Crippen LogP contribution in [-0.2, 0) is 16.1 Å². The van der Waals surface area contributed by atoms with Gasteiger partial charge in [-0.15, -0.1) is 0 Å². The minimum Gasteiger partial charge on any atom is -0.363 e. The Bertz CT molecular complexity index is 1200. The number of carbonyl (C=O) groups excluding carboxylic acids is 1. The van der Waals surface area contributed by atoms with Gasteiger partial charge in [0, 0.05) is 42.8 Å². The Balaban J connectivity index is 1.11. The van der Waals surface area contributed by atoms with Gasteiger partial charge >= 0.3 is 0 Å². The molecule has 0 bridgehead atoms. The topological polar surface area (TPSA) is 45.7 Å². The number of likely N-dealkylation sites (tertiary alicyclic amines) is 1. The largest absolute Gasteiger partial charge is 0.363 e. The Morgan fingerprint density at radius 2 is 1.94 bits per heavy atom. The van der Waals surface area contributed by atoms with Gasteiger partial charge in [0.2, 0.25) is 5.91 Å². The van der Waals surface area contributed by atoms with Crippen LogP contribution in [0.4, 0.5) is 4.39 Å². The van der Waals surface area contributed by atoms with Crippen molar-refractivity contribution in [2.75, 3.05) is 26.2 Å². The molecule has 0 radical (unpaired) electrons. The number of ether oxygens (including phenoxy) is 1. The van der Waals surface area contributed by atoms with Crippen molar-refractivity contribution in [1.29, 1.82) is 0 Å². The molecule has 1 spiro atoms. The fraction of sp³-hybridized carbons (Fsp3) is 0.407. The molecule has 33 heavy (non-hydrogen) atoms. The molecule has 3 heterocycles. The van der Waals surface area contributed by atoms with Gasteiger partial charge in [-0.1, -0.05) is 30.3 Å². The van der Waals surface area contributed by atoms with E-state index in [0.717, 1.165) is 73.9 Å². The predicted octanol–water partition coefficient (Wildman–Crippen LogP) is 4.40. The second-order valence-corrected chi connectivity index (χ2v) is 9.73. The van der Waals surface area contributed by atoms with E-state index in [1.807, 2.05) is 42.5 Å². The number of hydrogen-bond donors (Lipinski definition) is 0. The highest BCUT2D eigenvalue weighted by Gasteiger charge is 2.46. The summed E-state index contributed by atoms with van der Waals surface area (Å²) >= 11 is 0. The van der Waals surface area contributed by atoms with Crippen LogP contribution in [0.2, 0.25) is 0 Å². The first kappa shape index (κ1) is 20.8. The third-order valence-electron chi connectivity index (χ3n) is 7.39. The molecule has 170 valence electrons. The lowest BCUT2D eigenvalue weighted by molar-refractivity contribution is -0.172. The van der Waals surface area contributed by atoms with Gasteiger partial charge in [-0.05, 0) is 55.0 Å². The molecule has 0 atom stereocenters. The highest BCUT2D eigenvalue weighted by atomic mass is 19.1. The summed E-state index contributed by atoms with van der Waals surface area (Å²) in [6.45, 7) is 3.46. The van der Waals surface area contributed by atoms with E-state index in [2.05, 4.69) is 14.8 Å². The average Bonchev–Trinajstić information content (AvgIpc) is 3.68. The Kier molecular flexibility index (Phi) is 5.15. The zero-order chi connectivity index (χ0) is 22.4.